The van der Waals surface area contributed by atoms with E-state index in [4.69, 9.17) is 14.6 Å². The summed E-state index contributed by atoms with van der Waals surface area (Å²) in [7, 11) is 0. The first kappa shape index (κ1) is 16.1. The first-order valence-corrected chi connectivity index (χ1v) is 6.90. The summed E-state index contributed by atoms with van der Waals surface area (Å²) in [6, 6.07) is 13.2. The molecule has 0 radical (unpaired) electrons. The molecule has 116 valence electrons. The van der Waals surface area contributed by atoms with Crippen molar-refractivity contribution in [2.75, 3.05) is 13.2 Å². The fourth-order valence-corrected chi connectivity index (χ4v) is 1.89. The summed E-state index contributed by atoms with van der Waals surface area (Å²) < 4.78 is 24.1. The van der Waals surface area contributed by atoms with Crippen molar-refractivity contribution in [3.63, 3.8) is 0 Å². The van der Waals surface area contributed by atoms with E-state index in [1.807, 2.05) is 6.07 Å². The number of benzene rings is 2. The summed E-state index contributed by atoms with van der Waals surface area (Å²) in [5.41, 5.74) is 0.915. The molecule has 2 aromatic rings. The van der Waals surface area contributed by atoms with E-state index in [0.29, 0.717) is 16.9 Å². The molecule has 1 N–H and O–H groups in total. The molecule has 0 spiro atoms. The molecule has 2 aromatic carbocycles. The minimum atomic E-state index is -0.449. The molecule has 0 fully saturated rings. The molecule has 0 unspecified atom stereocenters. The van der Waals surface area contributed by atoms with Crippen LogP contribution >= 0.6 is 0 Å². The van der Waals surface area contributed by atoms with E-state index in [0.717, 1.165) is 0 Å². The molecule has 0 amide bonds. The van der Waals surface area contributed by atoms with Crippen molar-refractivity contribution in [3.05, 3.63) is 65.5 Å². The van der Waals surface area contributed by atoms with Crippen LogP contribution in [0.25, 0.3) is 0 Å². The van der Waals surface area contributed by atoms with Gasteiger partial charge in [-0.25, -0.2) is 4.39 Å². The van der Waals surface area contributed by atoms with E-state index in [1.54, 1.807) is 36.4 Å². The number of para-hydroxylation sites is 1. The van der Waals surface area contributed by atoms with Crippen molar-refractivity contribution in [1.29, 1.82) is 0 Å². The quantitative estimate of drug-likeness (QED) is 0.485. The number of esters is 1. The number of carbonyl (C=O) groups excluding carboxylic acids is 1. The van der Waals surface area contributed by atoms with Gasteiger partial charge in [-0.3, -0.25) is 4.79 Å². The second kappa shape index (κ2) is 8.26. The van der Waals surface area contributed by atoms with Crippen LogP contribution in [0, 0.1) is 5.82 Å². The highest BCUT2D eigenvalue weighted by Gasteiger charge is 2.09. The van der Waals surface area contributed by atoms with Crippen molar-refractivity contribution in [1.82, 2.24) is 0 Å². The van der Waals surface area contributed by atoms with Crippen molar-refractivity contribution >= 4 is 5.97 Å². The zero-order valence-electron chi connectivity index (χ0n) is 12.0. The molecular formula is C17H17FO4. The lowest BCUT2D eigenvalue weighted by Gasteiger charge is -2.07. The summed E-state index contributed by atoms with van der Waals surface area (Å²) in [6.07, 6.45) is -0.0103. The molecule has 2 rings (SSSR count). The molecule has 0 saturated heterocycles. The lowest BCUT2D eigenvalue weighted by atomic mass is 10.1. The molecule has 5 heteroatoms. The van der Waals surface area contributed by atoms with Crippen molar-refractivity contribution in [3.8, 4) is 5.75 Å². The maximum Gasteiger partial charge on any atom is 0.315 e. The van der Waals surface area contributed by atoms with Gasteiger partial charge in [-0.1, -0.05) is 30.3 Å². The van der Waals surface area contributed by atoms with Gasteiger partial charge in [-0.05, 0) is 23.8 Å². The van der Waals surface area contributed by atoms with Gasteiger partial charge in [0.25, 0.3) is 0 Å². The van der Waals surface area contributed by atoms with Crippen LogP contribution in [0.1, 0.15) is 11.1 Å². The number of halogens is 1. The van der Waals surface area contributed by atoms with E-state index in [2.05, 4.69) is 0 Å². The first-order chi connectivity index (χ1) is 10.7. The SMILES string of the molecule is O=C(Cc1ccc(COCCO)c(F)c1)Oc1ccccc1. The van der Waals surface area contributed by atoms with E-state index in [9.17, 15) is 9.18 Å². The Bertz CT molecular complexity index is 613. The molecule has 0 aliphatic rings. The lowest BCUT2D eigenvalue weighted by molar-refractivity contribution is -0.133. The predicted octanol–water partition coefficient (Wildman–Crippen LogP) is 2.48. The van der Waals surface area contributed by atoms with Crippen LogP contribution in [-0.2, 0) is 22.6 Å². The highest BCUT2D eigenvalue weighted by molar-refractivity contribution is 5.75. The zero-order valence-corrected chi connectivity index (χ0v) is 12.0. The highest BCUT2D eigenvalue weighted by atomic mass is 19.1. The minimum absolute atomic E-state index is 0.0103. The highest BCUT2D eigenvalue weighted by Crippen LogP contribution is 2.14. The topological polar surface area (TPSA) is 55.8 Å². The smallest absolute Gasteiger partial charge is 0.315 e. The molecule has 0 heterocycles. The third kappa shape index (κ3) is 4.95. The summed E-state index contributed by atoms with van der Waals surface area (Å²) in [5, 5.41) is 8.61. The van der Waals surface area contributed by atoms with Crippen molar-refractivity contribution in [2.24, 2.45) is 0 Å². The van der Waals surface area contributed by atoms with Crippen LogP contribution in [0.2, 0.25) is 0 Å². The van der Waals surface area contributed by atoms with Crippen molar-refractivity contribution < 1.29 is 23.8 Å². The number of ether oxygens (including phenoxy) is 2. The van der Waals surface area contributed by atoms with Gasteiger partial charge < -0.3 is 14.6 Å². The van der Waals surface area contributed by atoms with Crippen LogP contribution < -0.4 is 4.74 Å². The Kier molecular flexibility index (Phi) is 6.06. The van der Waals surface area contributed by atoms with Crippen LogP contribution in [0.3, 0.4) is 0 Å². The molecule has 0 saturated carbocycles. The largest absolute Gasteiger partial charge is 0.426 e. The Labute approximate surface area is 128 Å². The molecule has 4 nitrogen and oxygen atoms in total. The Hall–Kier alpha value is -2.24. The molecule has 0 aliphatic heterocycles. The standard InChI is InChI=1S/C17H17FO4/c18-16-10-13(6-7-14(16)12-21-9-8-19)11-17(20)22-15-4-2-1-3-5-15/h1-7,10,19H,8-9,11-12H2. The van der Waals surface area contributed by atoms with Gasteiger partial charge in [0, 0.05) is 5.56 Å². The van der Waals surface area contributed by atoms with E-state index in [-0.39, 0.29) is 26.2 Å². The van der Waals surface area contributed by atoms with E-state index < -0.39 is 11.8 Å². The zero-order chi connectivity index (χ0) is 15.8. The molecule has 0 bridgehead atoms. The Morgan fingerprint density at radius 2 is 1.91 bits per heavy atom. The van der Waals surface area contributed by atoms with Gasteiger partial charge in [-0.2, -0.15) is 0 Å². The summed E-state index contributed by atoms with van der Waals surface area (Å²) in [4.78, 5) is 11.8. The van der Waals surface area contributed by atoms with E-state index in [1.165, 1.54) is 6.07 Å². The van der Waals surface area contributed by atoms with Crippen LogP contribution in [0.15, 0.2) is 48.5 Å². The van der Waals surface area contributed by atoms with Gasteiger partial charge in [0.2, 0.25) is 0 Å². The second-order valence-electron chi connectivity index (χ2n) is 4.67. The Balaban J connectivity index is 1.92. The fourth-order valence-electron chi connectivity index (χ4n) is 1.89. The van der Waals surface area contributed by atoms with E-state index >= 15 is 0 Å². The minimum Gasteiger partial charge on any atom is -0.426 e. The molecule has 0 aliphatic carbocycles. The molecule has 0 atom stereocenters. The normalized spacial score (nSPS) is 10.5. The average molecular weight is 304 g/mol. The van der Waals surface area contributed by atoms with Gasteiger partial charge in [0.1, 0.15) is 11.6 Å². The maximum atomic E-state index is 13.9. The number of hydrogen-bond donors (Lipinski definition) is 1. The van der Waals surface area contributed by atoms with Gasteiger partial charge in [0.15, 0.2) is 0 Å². The van der Waals surface area contributed by atoms with Crippen LogP contribution in [0.5, 0.6) is 5.75 Å². The summed E-state index contributed by atoms with van der Waals surface area (Å²) in [5.74, 6) is -0.431. The van der Waals surface area contributed by atoms with Gasteiger partial charge >= 0.3 is 5.97 Å². The number of carbonyl (C=O) groups is 1. The monoisotopic (exact) mass is 304 g/mol. The van der Waals surface area contributed by atoms with Gasteiger partial charge in [0.05, 0.1) is 26.2 Å². The number of aliphatic hydroxyl groups excluding tert-OH is 1. The maximum absolute atomic E-state index is 13.9. The fraction of sp³-hybridized carbons (Fsp3) is 0.235. The molecular weight excluding hydrogens is 287 g/mol. The number of rotatable bonds is 7. The molecule has 22 heavy (non-hydrogen) atoms. The van der Waals surface area contributed by atoms with Crippen LogP contribution in [0.4, 0.5) is 4.39 Å². The lowest BCUT2D eigenvalue weighted by Crippen LogP contribution is -2.11. The predicted molar refractivity (Wildman–Crippen MR) is 78.9 cm³/mol. The average Bonchev–Trinajstić information content (AvgIpc) is 2.50. The van der Waals surface area contributed by atoms with Crippen LogP contribution in [-0.4, -0.2) is 24.3 Å². The Morgan fingerprint density at radius 1 is 1.14 bits per heavy atom. The Morgan fingerprint density at radius 3 is 2.59 bits per heavy atom. The second-order valence-corrected chi connectivity index (χ2v) is 4.67. The van der Waals surface area contributed by atoms with Crippen molar-refractivity contribution in [2.45, 2.75) is 13.0 Å². The third-order valence-corrected chi connectivity index (χ3v) is 2.93. The number of hydrogen-bond acceptors (Lipinski definition) is 4. The third-order valence-electron chi connectivity index (χ3n) is 2.93. The van der Waals surface area contributed by atoms with Gasteiger partial charge in [-0.15, -0.1) is 0 Å². The summed E-state index contributed by atoms with van der Waals surface area (Å²) in [6.45, 7) is 0.136. The first-order valence-electron chi connectivity index (χ1n) is 6.90. The number of aliphatic hydroxyl groups is 1. The summed E-state index contributed by atoms with van der Waals surface area (Å²) >= 11 is 0. The molecule has 0 aromatic heterocycles.